The largest absolute Gasteiger partial charge is 0.514 e. The van der Waals surface area contributed by atoms with E-state index in [2.05, 4.69) is 28.1 Å². The van der Waals surface area contributed by atoms with Gasteiger partial charge < -0.3 is 52.8 Å². The van der Waals surface area contributed by atoms with Gasteiger partial charge >= 0.3 is 24.2 Å². The van der Waals surface area contributed by atoms with E-state index in [1.807, 2.05) is 68.6 Å². The van der Waals surface area contributed by atoms with Gasteiger partial charge in [0, 0.05) is 65.2 Å². The SMILES string of the molecule is CC.CCCC(=O)Oc1c(C)c2c(c(C3COC(=O)NCCc4cc(OC(=O)OC(C)(C)C)c(OC)cc4CSC(C)C4C(N(C)C)c5c(cc(C)c(OC)c5OC(=O)CCC)CCN34)c1C)OCO2. The first-order valence-electron chi connectivity index (χ1n) is 24.4. The second-order valence-corrected chi connectivity index (χ2v) is 20.0. The summed E-state index contributed by atoms with van der Waals surface area (Å²) in [5.41, 5.74) is 5.54. The number of rotatable bonds is 11. The molecule has 6 rings (SSSR count). The Labute approximate surface area is 418 Å². The lowest BCUT2D eigenvalue weighted by molar-refractivity contribution is -0.135. The number of cyclic esters (lactones) is 1. The number of ether oxygens (including phenoxy) is 9. The number of hydrogen-bond donors (Lipinski definition) is 1. The van der Waals surface area contributed by atoms with Gasteiger partial charge in [0.15, 0.2) is 34.5 Å². The number of thioether (sulfide) groups is 1. The van der Waals surface area contributed by atoms with Gasteiger partial charge in [-0.2, -0.15) is 11.8 Å². The molecule has 0 radical (unpaired) electrons. The molecule has 0 saturated carbocycles. The zero-order valence-corrected chi connectivity index (χ0v) is 44.7. The Morgan fingerprint density at radius 3 is 2.06 bits per heavy atom. The lowest BCUT2D eigenvalue weighted by Crippen LogP contribution is -2.51. The molecule has 386 valence electrons. The third kappa shape index (κ3) is 12.7. The molecule has 0 aliphatic carbocycles. The van der Waals surface area contributed by atoms with E-state index < -0.39 is 36.0 Å². The van der Waals surface area contributed by atoms with E-state index in [-0.39, 0.29) is 55.7 Å². The average Bonchev–Trinajstić information content (AvgIpc) is 3.72. The van der Waals surface area contributed by atoms with Crippen LogP contribution in [-0.4, -0.2) is 106 Å². The first-order valence-corrected chi connectivity index (χ1v) is 25.5. The smallest absolute Gasteiger partial charge is 0.493 e. The molecular weight excluding hydrogens is 919 g/mol. The quantitative estimate of drug-likeness (QED) is 0.109. The molecule has 3 heterocycles. The van der Waals surface area contributed by atoms with Crippen LogP contribution in [0.4, 0.5) is 9.59 Å². The molecule has 4 unspecified atom stereocenters. The van der Waals surface area contributed by atoms with Gasteiger partial charge in [0.25, 0.3) is 0 Å². The predicted molar refractivity (Wildman–Crippen MR) is 269 cm³/mol. The number of methoxy groups -OCH3 is 2. The minimum absolute atomic E-state index is 0.0521. The monoisotopic (exact) mass is 994 g/mol. The van der Waals surface area contributed by atoms with E-state index in [0.29, 0.717) is 89.2 Å². The summed E-state index contributed by atoms with van der Waals surface area (Å²) in [4.78, 5) is 58.1. The van der Waals surface area contributed by atoms with Crippen LogP contribution in [0, 0.1) is 20.8 Å². The topological polar surface area (TPSA) is 170 Å². The maximum absolute atomic E-state index is 13.9. The lowest BCUT2D eigenvalue weighted by atomic mass is 9.88. The lowest BCUT2D eigenvalue weighted by Gasteiger charge is -2.46. The van der Waals surface area contributed by atoms with Gasteiger partial charge in [0.2, 0.25) is 6.79 Å². The fourth-order valence-corrected chi connectivity index (χ4v) is 10.7. The summed E-state index contributed by atoms with van der Waals surface area (Å²) >= 11 is 1.72. The number of alkyl carbamates (subject to hydrolysis) is 1. The van der Waals surface area contributed by atoms with Gasteiger partial charge in [0.1, 0.15) is 18.0 Å². The van der Waals surface area contributed by atoms with Gasteiger partial charge in [-0.1, -0.05) is 40.7 Å². The van der Waals surface area contributed by atoms with Gasteiger partial charge in [-0.15, -0.1) is 0 Å². The average molecular weight is 994 g/mol. The molecule has 0 fully saturated rings. The molecule has 3 aliphatic rings. The Bertz CT molecular complexity index is 2360. The maximum atomic E-state index is 13.9. The molecule has 4 atom stereocenters. The van der Waals surface area contributed by atoms with Crippen LogP contribution in [0.1, 0.15) is 138 Å². The number of carbonyl (C=O) groups excluding carboxylic acids is 4. The number of aryl methyl sites for hydroxylation is 1. The van der Waals surface area contributed by atoms with Crippen molar-refractivity contribution < 1.29 is 61.8 Å². The van der Waals surface area contributed by atoms with Crippen LogP contribution >= 0.6 is 11.8 Å². The van der Waals surface area contributed by atoms with E-state index in [0.717, 1.165) is 27.8 Å². The van der Waals surface area contributed by atoms with Crippen LogP contribution < -0.4 is 38.5 Å². The molecule has 70 heavy (non-hydrogen) atoms. The highest BCUT2D eigenvalue weighted by atomic mass is 32.2. The molecule has 0 aromatic heterocycles. The van der Waals surface area contributed by atoms with Crippen molar-refractivity contribution in [1.29, 1.82) is 0 Å². The molecule has 0 spiro atoms. The van der Waals surface area contributed by atoms with Crippen molar-refractivity contribution >= 4 is 35.9 Å². The van der Waals surface area contributed by atoms with Crippen LogP contribution in [0.5, 0.6) is 40.2 Å². The van der Waals surface area contributed by atoms with Crippen molar-refractivity contribution in [3.63, 3.8) is 0 Å². The van der Waals surface area contributed by atoms with Crippen LogP contribution in [0.2, 0.25) is 0 Å². The number of hydrogen-bond acceptors (Lipinski definition) is 16. The summed E-state index contributed by atoms with van der Waals surface area (Å²) < 4.78 is 54.2. The van der Waals surface area contributed by atoms with Crippen molar-refractivity contribution in [2.45, 2.75) is 149 Å². The van der Waals surface area contributed by atoms with Crippen molar-refractivity contribution in [3.05, 3.63) is 62.7 Å². The van der Waals surface area contributed by atoms with Crippen LogP contribution in [0.15, 0.2) is 18.2 Å². The molecule has 0 saturated heterocycles. The van der Waals surface area contributed by atoms with Crippen molar-refractivity contribution in [2.24, 2.45) is 0 Å². The molecule has 1 amide bonds. The fraction of sp³-hybridized carbons (Fsp3) is 0.585. The summed E-state index contributed by atoms with van der Waals surface area (Å²) in [7, 11) is 7.11. The first-order chi connectivity index (χ1) is 33.3. The number of nitrogens with zero attached hydrogens (tertiary/aromatic N) is 2. The number of benzene rings is 3. The second-order valence-electron chi connectivity index (χ2n) is 18.7. The Balaban J connectivity index is 0.00000450. The Morgan fingerprint density at radius 2 is 1.44 bits per heavy atom. The van der Waals surface area contributed by atoms with E-state index in [1.165, 1.54) is 7.11 Å². The Hall–Kier alpha value is -5.39. The first kappa shape index (κ1) is 55.5. The molecule has 0 bridgehead atoms. The second kappa shape index (κ2) is 24.6. The summed E-state index contributed by atoms with van der Waals surface area (Å²) in [5, 5.41) is 2.74. The Kier molecular flexibility index (Phi) is 19.5. The van der Waals surface area contributed by atoms with E-state index in [1.54, 1.807) is 45.7 Å². The Morgan fingerprint density at radius 1 is 0.800 bits per heavy atom. The van der Waals surface area contributed by atoms with Gasteiger partial charge in [-0.05, 0) is 116 Å². The maximum Gasteiger partial charge on any atom is 0.514 e. The summed E-state index contributed by atoms with van der Waals surface area (Å²) in [6.45, 7) is 21.5. The highest BCUT2D eigenvalue weighted by Crippen LogP contribution is 2.53. The van der Waals surface area contributed by atoms with Crippen molar-refractivity contribution in [1.82, 2.24) is 15.1 Å². The number of amides is 1. The molecular formula is C53H75N3O13S. The zero-order chi connectivity index (χ0) is 51.6. The zero-order valence-electron chi connectivity index (χ0n) is 43.9. The molecule has 3 aromatic rings. The third-order valence-corrected chi connectivity index (χ3v) is 13.7. The number of carbonyl (C=O) groups is 4. The van der Waals surface area contributed by atoms with Gasteiger partial charge in [-0.3, -0.25) is 14.5 Å². The predicted octanol–water partition coefficient (Wildman–Crippen LogP) is 10.3. The van der Waals surface area contributed by atoms with Gasteiger partial charge in [-0.25, -0.2) is 9.59 Å². The third-order valence-electron chi connectivity index (χ3n) is 12.4. The van der Waals surface area contributed by atoms with Crippen molar-refractivity contribution in [2.75, 3.05) is 54.8 Å². The summed E-state index contributed by atoms with van der Waals surface area (Å²) in [5.74, 6) is 2.47. The minimum Gasteiger partial charge on any atom is -0.493 e. The highest BCUT2D eigenvalue weighted by Gasteiger charge is 2.46. The number of nitrogens with one attached hydrogen (secondary N) is 1. The highest BCUT2D eigenvalue weighted by molar-refractivity contribution is 7.99. The van der Waals surface area contributed by atoms with Gasteiger partial charge in [0.05, 0.1) is 26.3 Å². The number of likely N-dealkylation sites (N-methyl/N-ethyl adjacent to an activating group) is 1. The van der Waals surface area contributed by atoms with E-state index in [4.69, 9.17) is 42.6 Å². The van der Waals surface area contributed by atoms with Crippen LogP contribution in [0.25, 0.3) is 0 Å². The van der Waals surface area contributed by atoms with Crippen LogP contribution in [0.3, 0.4) is 0 Å². The minimum atomic E-state index is -0.872. The normalized spacial score (nSPS) is 19.3. The molecule has 1 N–H and O–H groups in total. The summed E-state index contributed by atoms with van der Waals surface area (Å²) in [6.07, 6.45) is 1.03. The molecule has 17 heteroatoms. The molecule has 16 nitrogen and oxygen atoms in total. The number of fused-ring (bicyclic) bond motifs is 4. The van der Waals surface area contributed by atoms with Crippen LogP contribution in [-0.2, 0) is 37.7 Å². The van der Waals surface area contributed by atoms with E-state index >= 15 is 0 Å². The standard InChI is InChI=1S/C51H69N3O13S.C2H6/c1-14-16-38(55)65-45-29(4)40(47-46(30(45)5)62-27-63-47)35-25-61-49(57)52-20-18-32-23-37(64-50(58)67-51(7,8)9)36(59-12)24-34(32)26-68-31(6)42-43(53(10)11)41-33(19-21-54(35)42)22-28(3)44(60-13)48(41)66-39(56)17-15-2;1-2/h22-24,31,35,42-43H,14-21,25-27H2,1-13H3,(H,52,57);1-2H3. The summed E-state index contributed by atoms with van der Waals surface area (Å²) in [6, 6.07) is 4.20. The van der Waals surface area contributed by atoms with Crippen molar-refractivity contribution in [3.8, 4) is 40.2 Å². The number of esters is 2. The molecule has 3 aliphatic heterocycles. The van der Waals surface area contributed by atoms with E-state index in [9.17, 15) is 19.2 Å². The molecule has 3 aromatic carbocycles. The fourth-order valence-electron chi connectivity index (χ4n) is 9.45.